The minimum absolute atomic E-state index is 0.681. The second-order valence-electron chi connectivity index (χ2n) is 6.21. The molecule has 0 aromatic rings. The molecule has 0 amide bonds. The second-order valence-corrected chi connectivity index (χ2v) is 6.21. The summed E-state index contributed by atoms with van der Waals surface area (Å²) in [7, 11) is 0. The van der Waals surface area contributed by atoms with Gasteiger partial charge in [0.25, 0.3) is 0 Å². The van der Waals surface area contributed by atoms with Gasteiger partial charge in [0.1, 0.15) is 0 Å². The van der Waals surface area contributed by atoms with Gasteiger partial charge in [-0.3, -0.25) is 0 Å². The molecule has 1 heteroatoms. The fourth-order valence-corrected chi connectivity index (χ4v) is 2.87. The molecule has 0 aliphatic heterocycles. The molecule has 1 saturated carbocycles. The van der Waals surface area contributed by atoms with Crippen LogP contribution in [-0.2, 0) is 0 Å². The van der Waals surface area contributed by atoms with Crippen molar-refractivity contribution in [3.8, 4) is 0 Å². The van der Waals surface area contributed by atoms with Crippen molar-refractivity contribution in [2.24, 2.45) is 17.8 Å². The number of rotatable bonds is 5. The van der Waals surface area contributed by atoms with E-state index in [0.29, 0.717) is 6.04 Å². The number of nitrogens with one attached hydrogen (secondary N) is 1. The quantitative estimate of drug-likeness (QED) is 0.738. The minimum Gasteiger partial charge on any atom is -0.311 e. The van der Waals surface area contributed by atoms with E-state index in [0.717, 1.165) is 23.8 Å². The smallest absolute Gasteiger partial charge is 0.00723 e. The molecule has 1 N–H and O–H groups in total. The third kappa shape index (κ3) is 4.08. The van der Waals surface area contributed by atoms with Crippen LogP contribution in [0.25, 0.3) is 0 Å². The predicted octanol–water partition coefficient (Wildman–Crippen LogP) is 4.23. The van der Waals surface area contributed by atoms with Crippen molar-refractivity contribution in [3.05, 3.63) is 0 Å². The molecule has 0 aromatic carbocycles. The fourth-order valence-electron chi connectivity index (χ4n) is 2.87. The van der Waals surface area contributed by atoms with Gasteiger partial charge in [0, 0.05) is 12.1 Å². The van der Waals surface area contributed by atoms with Crippen molar-refractivity contribution in [1.82, 2.24) is 5.32 Å². The highest BCUT2D eigenvalue weighted by Gasteiger charge is 2.25. The first-order chi connectivity index (χ1) is 7.54. The van der Waals surface area contributed by atoms with E-state index in [1.165, 1.54) is 32.1 Å². The zero-order valence-electron chi connectivity index (χ0n) is 11.9. The van der Waals surface area contributed by atoms with Crippen molar-refractivity contribution in [1.29, 1.82) is 0 Å². The molecule has 0 bridgehead atoms. The molecule has 0 saturated heterocycles. The molecule has 0 aromatic heterocycles. The van der Waals surface area contributed by atoms with E-state index < -0.39 is 0 Å². The molecular weight excluding hydrogens is 194 g/mol. The van der Waals surface area contributed by atoms with Crippen LogP contribution in [0.3, 0.4) is 0 Å². The average Bonchev–Trinajstić information content (AvgIpc) is 2.28. The van der Waals surface area contributed by atoms with Crippen LogP contribution < -0.4 is 5.32 Å². The molecular formula is C15H31N. The average molecular weight is 225 g/mol. The lowest BCUT2D eigenvalue weighted by Crippen LogP contribution is -2.43. The summed E-state index contributed by atoms with van der Waals surface area (Å²) in [6.07, 6.45) is 6.96. The molecule has 4 atom stereocenters. The molecule has 1 nitrogen and oxygen atoms in total. The maximum Gasteiger partial charge on any atom is 0.00723 e. The summed E-state index contributed by atoms with van der Waals surface area (Å²) in [5.74, 6) is 2.62. The summed E-state index contributed by atoms with van der Waals surface area (Å²) in [5.41, 5.74) is 0. The van der Waals surface area contributed by atoms with Crippen LogP contribution in [-0.4, -0.2) is 12.1 Å². The van der Waals surface area contributed by atoms with E-state index in [-0.39, 0.29) is 0 Å². The van der Waals surface area contributed by atoms with Crippen molar-refractivity contribution in [2.45, 2.75) is 78.8 Å². The van der Waals surface area contributed by atoms with E-state index >= 15 is 0 Å². The van der Waals surface area contributed by atoms with Crippen molar-refractivity contribution < 1.29 is 0 Å². The van der Waals surface area contributed by atoms with E-state index in [9.17, 15) is 0 Å². The van der Waals surface area contributed by atoms with Crippen LogP contribution in [0.15, 0.2) is 0 Å². The van der Waals surface area contributed by atoms with Crippen LogP contribution in [0, 0.1) is 17.8 Å². The summed E-state index contributed by atoms with van der Waals surface area (Å²) < 4.78 is 0. The van der Waals surface area contributed by atoms with Crippen LogP contribution in [0.2, 0.25) is 0 Å². The van der Waals surface area contributed by atoms with E-state index in [4.69, 9.17) is 0 Å². The van der Waals surface area contributed by atoms with Crippen molar-refractivity contribution in [2.75, 3.05) is 0 Å². The van der Waals surface area contributed by atoms with Gasteiger partial charge in [0.15, 0.2) is 0 Å². The largest absolute Gasteiger partial charge is 0.311 e. The van der Waals surface area contributed by atoms with Crippen molar-refractivity contribution >= 4 is 0 Å². The van der Waals surface area contributed by atoms with Crippen LogP contribution >= 0.6 is 0 Å². The van der Waals surface area contributed by atoms with Gasteiger partial charge >= 0.3 is 0 Å². The minimum atomic E-state index is 0.681. The first-order valence-corrected chi connectivity index (χ1v) is 7.30. The Morgan fingerprint density at radius 1 is 1.12 bits per heavy atom. The highest BCUT2D eigenvalue weighted by molar-refractivity contribution is 4.82. The highest BCUT2D eigenvalue weighted by atomic mass is 15.0. The molecule has 1 rings (SSSR count). The SMILES string of the molecule is CCC(C)C(C)NC1CCCC(C(C)C)C1. The maximum atomic E-state index is 3.85. The summed E-state index contributed by atoms with van der Waals surface area (Å²) >= 11 is 0. The molecule has 4 unspecified atom stereocenters. The standard InChI is InChI=1S/C15H31N/c1-6-12(4)13(5)16-15-9-7-8-14(10-15)11(2)3/h11-16H,6-10H2,1-5H3. The van der Waals surface area contributed by atoms with E-state index in [1.807, 2.05) is 0 Å². The molecule has 0 radical (unpaired) electrons. The number of hydrogen-bond acceptors (Lipinski definition) is 1. The molecule has 1 aliphatic carbocycles. The van der Waals surface area contributed by atoms with E-state index in [2.05, 4.69) is 39.9 Å². The van der Waals surface area contributed by atoms with Crippen LogP contribution in [0.5, 0.6) is 0 Å². The normalized spacial score (nSPS) is 30.4. The molecule has 1 aliphatic rings. The lowest BCUT2D eigenvalue weighted by Gasteiger charge is -2.35. The second kappa shape index (κ2) is 6.64. The Kier molecular flexibility index (Phi) is 5.82. The van der Waals surface area contributed by atoms with Gasteiger partial charge in [0.2, 0.25) is 0 Å². The zero-order chi connectivity index (χ0) is 12.1. The van der Waals surface area contributed by atoms with Gasteiger partial charge in [-0.15, -0.1) is 0 Å². The van der Waals surface area contributed by atoms with Gasteiger partial charge in [-0.25, -0.2) is 0 Å². The number of hydrogen-bond donors (Lipinski definition) is 1. The lowest BCUT2D eigenvalue weighted by molar-refractivity contribution is 0.210. The fraction of sp³-hybridized carbons (Fsp3) is 1.00. The van der Waals surface area contributed by atoms with Gasteiger partial charge < -0.3 is 5.32 Å². The third-order valence-electron chi connectivity index (χ3n) is 4.65. The highest BCUT2D eigenvalue weighted by Crippen LogP contribution is 2.30. The predicted molar refractivity (Wildman–Crippen MR) is 72.6 cm³/mol. The molecule has 96 valence electrons. The first-order valence-electron chi connectivity index (χ1n) is 7.30. The monoisotopic (exact) mass is 225 g/mol. The van der Waals surface area contributed by atoms with Gasteiger partial charge in [-0.2, -0.15) is 0 Å². The summed E-state index contributed by atoms with van der Waals surface area (Å²) in [4.78, 5) is 0. The molecule has 16 heavy (non-hydrogen) atoms. The Bertz CT molecular complexity index is 188. The molecule has 1 fully saturated rings. The van der Waals surface area contributed by atoms with Crippen LogP contribution in [0.1, 0.15) is 66.7 Å². The summed E-state index contributed by atoms with van der Waals surface area (Å²) in [5, 5.41) is 3.85. The van der Waals surface area contributed by atoms with Gasteiger partial charge in [-0.1, -0.05) is 47.0 Å². The molecule has 0 spiro atoms. The van der Waals surface area contributed by atoms with Crippen molar-refractivity contribution in [3.63, 3.8) is 0 Å². The van der Waals surface area contributed by atoms with Crippen LogP contribution in [0.4, 0.5) is 0 Å². The topological polar surface area (TPSA) is 12.0 Å². The zero-order valence-corrected chi connectivity index (χ0v) is 11.9. The Labute approximate surface area is 102 Å². The maximum absolute atomic E-state index is 3.85. The Balaban J connectivity index is 2.36. The van der Waals surface area contributed by atoms with Gasteiger partial charge in [0.05, 0.1) is 0 Å². The Morgan fingerprint density at radius 3 is 2.38 bits per heavy atom. The Morgan fingerprint density at radius 2 is 1.81 bits per heavy atom. The Hall–Kier alpha value is -0.0400. The van der Waals surface area contributed by atoms with E-state index in [1.54, 1.807) is 0 Å². The third-order valence-corrected chi connectivity index (χ3v) is 4.65. The van der Waals surface area contributed by atoms with Gasteiger partial charge in [-0.05, 0) is 37.5 Å². The summed E-state index contributed by atoms with van der Waals surface area (Å²) in [6, 6.07) is 1.46. The lowest BCUT2D eigenvalue weighted by atomic mass is 9.79. The summed E-state index contributed by atoms with van der Waals surface area (Å²) in [6.45, 7) is 11.8. The molecule has 0 heterocycles. The first kappa shape index (κ1) is 14.0.